The van der Waals surface area contributed by atoms with Crippen molar-refractivity contribution in [1.29, 1.82) is 0 Å². The molecule has 0 fully saturated rings. The Morgan fingerprint density at radius 3 is 2.90 bits per heavy atom. The first kappa shape index (κ1) is 13.3. The number of pyridine rings is 1. The Bertz CT molecular complexity index is 640. The molecule has 1 aromatic heterocycles. The number of nitrogens with one attached hydrogen (secondary N) is 2. The van der Waals surface area contributed by atoms with Gasteiger partial charge in [0.25, 0.3) is 5.91 Å². The van der Waals surface area contributed by atoms with Crippen LogP contribution in [0.3, 0.4) is 0 Å². The molecule has 2 aromatic rings. The number of aromatic nitrogens is 1. The van der Waals surface area contributed by atoms with Crippen LogP contribution in [0.15, 0.2) is 41.0 Å². The number of nitrogens with zero attached hydrogens (tertiary/aromatic N) is 1. The molecule has 0 atom stereocenters. The van der Waals surface area contributed by atoms with E-state index in [1.807, 2.05) is 6.07 Å². The van der Waals surface area contributed by atoms with E-state index < -0.39 is 0 Å². The van der Waals surface area contributed by atoms with Crippen LogP contribution >= 0.6 is 15.9 Å². The normalized spacial score (nSPS) is 13.1. The maximum absolute atomic E-state index is 12.0. The number of halogens is 1. The highest BCUT2D eigenvalue weighted by Crippen LogP contribution is 2.17. The molecule has 0 radical (unpaired) electrons. The van der Waals surface area contributed by atoms with Gasteiger partial charge in [-0.15, -0.1) is 0 Å². The monoisotopic (exact) mass is 331 g/mol. The van der Waals surface area contributed by atoms with Crippen molar-refractivity contribution in [2.75, 3.05) is 0 Å². The molecule has 3 rings (SSSR count). The molecule has 1 aliphatic rings. The molecule has 0 bridgehead atoms. The van der Waals surface area contributed by atoms with E-state index in [4.69, 9.17) is 0 Å². The number of fused-ring (bicyclic) bond motifs is 1. The Morgan fingerprint density at radius 1 is 1.25 bits per heavy atom. The molecule has 20 heavy (non-hydrogen) atoms. The van der Waals surface area contributed by atoms with Crippen LogP contribution in [0.25, 0.3) is 0 Å². The van der Waals surface area contributed by atoms with Crippen molar-refractivity contribution in [1.82, 2.24) is 15.6 Å². The molecule has 5 heteroatoms. The second kappa shape index (κ2) is 5.73. The summed E-state index contributed by atoms with van der Waals surface area (Å²) in [4.78, 5) is 16.0. The Kier molecular flexibility index (Phi) is 3.80. The lowest BCUT2D eigenvalue weighted by Crippen LogP contribution is -2.23. The molecular formula is C15H14BrN3O. The second-order valence-corrected chi connectivity index (χ2v) is 5.67. The highest BCUT2D eigenvalue weighted by atomic mass is 79.9. The Morgan fingerprint density at radius 2 is 2.10 bits per heavy atom. The van der Waals surface area contributed by atoms with Gasteiger partial charge in [-0.2, -0.15) is 0 Å². The zero-order valence-electron chi connectivity index (χ0n) is 10.8. The fourth-order valence-corrected chi connectivity index (χ4v) is 2.48. The van der Waals surface area contributed by atoms with Gasteiger partial charge >= 0.3 is 0 Å². The lowest BCUT2D eigenvalue weighted by molar-refractivity contribution is 0.0946. The van der Waals surface area contributed by atoms with Crippen LogP contribution in [0.4, 0.5) is 0 Å². The lowest BCUT2D eigenvalue weighted by atomic mass is 10.1. The smallest absolute Gasteiger partial charge is 0.270 e. The van der Waals surface area contributed by atoms with Crippen molar-refractivity contribution in [3.05, 3.63) is 63.4 Å². The summed E-state index contributed by atoms with van der Waals surface area (Å²) in [5.41, 5.74) is 4.20. The minimum Gasteiger partial charge on any atom is -0.347 e. The molecule has 1 aromatic carbocycles. The molecule has 0 unspecified atom stereocenters. The molecule has 102 valence electrons. The number of benzene rings is 1. The van der Waals surface area contributed by atoms with Gasteiger partial charge in [0.1, 0.15) is 5.69 Å². The van der Waals surface area contributed by atoms with Gasteiger partial charge in [0.15, 0.2) is 0 Å². The maximum Gasteiger partial charge on any atom is 0.270 e. The van der Waals surface area contributed by atoms with Crippen LogP contribution in [0.5, 0.6) is 0 Å². The van der Waals surface area contributed by atoms with E-state index in [1.54, 1.807) is 12.3 Å². The number of hydrogen-bond acceptors (Lipinski definition) is 3. The third-order valence-corrected chi connectivity index (χ3v) is 3.78. The van der Waals surface area contributed by atoms with Crippen molar-refractivity contribution in [3.8, 4) is 0 Å². The average molecular weight is 332 g/mol. The summed E-state index contributed by atoms with van der Waals surface area (Å²) in [5, 5.41) is 6.20. The first-order valence-electron chi connectivity index (χ1n) is 6.43. The predicted octanol–water partition coefficient (Wildman–Crippen LogP) is 2.38. The maximum atomic E-state index is 12.0. The topological polar surface area (TPSA) is 54.0 Å². The SMILES string of the molecule is O=C(NCc1ccc2c(c1)CNC2)c1ccc(Br)cn1. The quantitative estimate of drug-likeness (QED) is 0.907. The Labute approximate surface area is 125 Å². The fourth-order valence-electron chi connectivity index (χ4n) is 2.24. The second-order valence-electron chi connectivity index (χ2n) is 4.75. The third kappa shape index (κ3) is 2.89. The van der Waals surface area contributed by atoms with Crippen molar-refractivity contribution in [2.24, 2.45) is 0 Å². The first-order chi connectivity index (χ1) is 9.72. The van der Waals surface area contributed by atoms with Gasteiger partial charge in [0.2, 0.25) is 0 Å². The van der Waals surface area contributed by atoms with E-state index in [9.17, 15) is 4.79 Å². The van der Waals surface area contributed by atoms with Gasteiger partial charge in [0.05, 0.1) is 0 Å². The standard InChI is InChI=1S/C15H14BrN3O/c16-13-3-4-14(18-9-13)15(20)19-6-10-1-2-11-7-17-8-12(11)5-10/h1-5,9,17H,6-8H2,(H,19,20). The molecule has 2 heterocycles. The van der Waals surface area contributed by atoms with E-state index in [1.165, 1.54) is 11.1 Å². The number of rotatable bonds is 3. The predicted molar refractivity (Wildman–Crippen MR) is 80.1 cm³/mol. The minimum atomic E-state index is -0.156. The van der Waals surface area contributed by atoms with Crippen LogP contribution in [0, 0.1) is 0 Å². The van der Waals surface area contributed by atoms with Crippen LogP contribution in [0.2, 0.25) is 0 Å². The molecule has 0 saturated heterocycles. The number of carbonyl (C=O) groups is 1. The summed E-state index contributed by atoms with van der Waals surface area (Å²) in [6, 6.07) is 9.83. The van der Waals surface area contributed by atoms with E-state index in [0.717, 1.165) is 23.1 Å². The molecule has 4 nitrogen and oxygen atoms in total. The van der Waals surface area contributed by atoms with E-state index in [0.29, 0.717) is 12.2 Å². The summed E-state index contributed by atoms with van der Waals surface area (Å²) in [5.74, 6) is -0.156. The van der Waals surface area contributed by atoms with Gasteiger partial charge in [-0.1, -0.05) is 18.2 Å². The zero-order valence-corrected chi connectivity index (χ0v) is 12.4. The molecule has 0 saturated carbocycles. The van der Waals surface area contributed by atoms with E-state index in [2.05, 4.69) is 49.7 Å². The first-order valence-corrected chi connectivity index (χ1v) is 7.23. The minimum absolute atomic E-state index is 0.156. The largest absolute Gasteiger partial charge is 0.347 e. The fraction of sp³-hybridized carbons (Fsp3) is 0.200. The van der Waals surface area contributed by atoms with Crippen LogP contribution in [-0.2, 0) is 19.6 Å². The molecule has 0 aliphatic carbocycles. The van der Waals surface area contributed by atoms with E-state index >= 15 is 0 Å². The van der Waals surface area contributed by atoms with Gasteiger partial charge in [-0.25, -0.2) is 4.98 Å². The van der Waals surface area contributed by atoms with Crippen molar-refractivity contribution in [2.45, 2.75) is 19.6 Å². The van der Waals surface area contributed by atoms with Crippen LogP contribution in [0.1, 0.15) is 27.2 Å². The van der Waals surface area contributed by atoms with Gasteiger partial charge in [-0.05, 0) is 44.8 Å². The summed E-state index contributed by atoms with van der Waals surface area (Å²) in [6.45, 7) is 2.36. The molecule has 1 amide bonds. The average Bonchev–Trinajstić information content (AvgIpc) is 2.93. The van der Waals surface area contributed by atoms with Crippen LogP contribution < -0.4 is 10.6 Å². The highest BCUT2D eigenvalue weighted by Gasteiger charge is 2.11. The molecule has 1 aliphatic heterocycles. The Hall–Kier alpha value is -1.72. The highest BCUT2D eigenvalue weighted by molar-refractivity contribution is 9.10. The molecular weight excluding hydrogens is 318 g/mol. The summed E-state index contributed by atoms with van der Waals surface area (Å²) in [6.07, 6.45) is 1.62. The van der Waals surface area contributed by atoms with Crippen molar-refractivity contribution in [3.63, 3.8) is 0 Å². The number of carbonyl (C=O) groups excluding carboxylic acids is 1. The summed E-state index contributed by atoms with van der Waals surface area (Å²) >= 11 is 3.30. The lowest BCUT2D eigenvalue weighted by Gasteiger charge is -2.07. The van der Waals surface area contributed by atoms with Crippen molar-refractivity contribution < 1.29 is 4.79 Å². The van der Waals surface area contributed by atoms with E-state index in [-0.39, 0.29) is 5.91 Å². The Balaban J connectivity index is 1.64. The van der Waals surface area contributed by atoms with Gasteiger partial charge < -0.3 is 10.6 Å². The summed E-state index contributed by atoms with van der Waals surface area (Å²) in [7, 11) is 0. The zero-order chi connectivity index (χ0) is 13.9. The summed E-state index contributed by atoms with van der Waals surface area (Å²) < 4.78 is 0.861. The molecule has 0 spiro atoms. The number of hydrogen-bond donors (Lipinski definition) is 2. The van der Waals surface area contributed by atoms with Crippen molar-refractivity contribution >= 4 is 21.8 Å². The molecule has 2 N–H and O–H groups in total. The van der Waals surface area contributed by atoms with Gasteiger partial charge in [-0.3, -0.25) is 4.79 Å². The van der Waals surface area contributed by atoms with Gasteiger partial charge in [0, 0.05) is 30.3 Å². The third-order valence-electron chi connectivity index (χ3n) is 3.31. The number of amides is 1. The van der Waals surface area contributed by atoms with Crippen LogP contribution in [-0.4, -0.2) is 10.9 Å².